The number of nitrogens with zero attached hydrogens (tertiary/aromatic N) is 2. The molecule has 0 radical (unpaired) electrons. The predicted molar refractivity (Wildman–Crippen MR) is 70.9 cm³/mol. The Bertz CT molecular complexity index is 355. The van der Waals surface area contributed by atoms with E-state index in [1.165, 1.54) is 0 Å². The Hall–Kier alpha value is -1.14. The minimum atomic E-state index is -0.771. The van der Waals surface area contributed by atoms with Gasteiger partial charge >= 0.3 is 5.97 Å². The summed E-state index contributed by atoms with van der Waals surface area (Å²) < 4.78 is 0. The van der Waals surface area contributed by atoms with Crippen LogP contribution in [0.4, 0.5) is 0 Å². The lowest BCUT2D eigenvalue weighted by Gasteiger charge is -2.29. The van der Waals surface area contributed by atoms with Crippen LogP contribution in [-0.4, -0.2) is 72.6 Å². The molecule has 0 aromatic rings. The third kappa shape index (κ3) is 3.06. The molecule has 6 nitrogen and oxygen atoms in total. The van der Waals surface area contributed by atoms with Crippen LogP contribution in [0.3, 0.4) is 0 Å². The predicted octanol–water partition coefficient (Wildman–Crippen LogP) is -0.395. The summed E-state index contributed by atoms with van der Waals surface area (Å²) in [6, 6.07) is 0. The number of carbonyl (C=O) groups excluding carboxylic acids is 1. The van der Waals surface area contributed by atoms with Crippen molar-refractivity contribution in [3.05, 3.63) is 0 Å². The number of carboxylic acids is 1. The van der Waals surface area contributed by atoms with Gasteiger partial charge in [-0.1, -0.05) is 6.92 Å². The fraction of sp³-hybridized carbons (Fsp3) is 0.846. The summed E-state index contributed by atoms with van der Waals surface area (Å²) in [6.45, 7) is 6.85. The normalized spacial score (nSPS) is 28.6. The molecule has 0 aromatic carbocycles. The van der Waals surface area contributed by atoms with E-state index in [0.717, 1.165) is 26.2 Å². The molecule has 0 aliphatic carbocycles. The molecule has 6 heteroatoms. The van der Waals surface area contributed by atoms with E-state index in [1.54, 1.807) is 4.90 Å². The molecule has 0 spiro atoms. The summed E-state index contributed by atoms with van der Waals surface area (Å²) in [7, 11) is 0. The molecule has 108 valence electrons. The van der Waals surface area contributed by atoms with Crippen LogP contribution in [0.5, 0.6) is 0 Å². The molecule has 1 unspecified atom stereocenters. The largest absolute Gasteiger partial charge is 0.481 e. The second kappa shape index (κ2) is 5.88. The van der Waals surface area contributed by atoms with Crippen LogP contribution >= 0.6 is 0 Å². The topological polar surface area (TPSA) is 72.9 Å². The molecular formula is C13H23N3O3. The zero-order valence-electron chi connectivity index (χ0n) is 11.5. The third-order valence-electron chi connectivity index (χ3n) is 4.41. The molecule has 1 atom stereocenters. The van der Waals surface area contributed by atoms with E-state index >= 15 is 0 Å². The minimum absolute atomic E-state index is 0.0680. The number of piperazine rings is 1. The van der Waals surface area contributed by atoms with Crippen LogP contribution in [-0.2, 0) is 9.59 Å². The second-order valence-electron chi connectivity index (χ2n) is 5.53. The van der Waals surface area contributed by atoms with E-state index in [9.17, 15) is 14.7 Å². The Labute approximate surface area is 113 Å². The lowest BCUT2D eigenvalue weighted by Crippen LogP contribution is -2.48. The highest BCUT2D eigenvalue weighted by atomic mass is 16.4. The SMILES string of the molecule is CCC1(C(=O)O)CCN(C(=O)CN2CCNCC2)C1. The van der Waals surface area contributed by atoms with Gasteiger partial charge in [0.05, 0.1) is 12.0 Å². The molecule has 0 bridgehead atoms. The van der Waals surface area contributed by atoms with Gasteiger partial charge < -0.3 is 15.3 Å². The van der Waals surface area contributed by atoms with Crippen molar-refractivity contribution in [2.45, 2.75) is 19.8 Å². The summed E-state index contributed by atoms with van der Waals surface area (Å²) in [6.07, 6.45) is 1.16. The number of hydrogen-bond donors (Lipinski definition) is 2. The van der Waals surface area contributed by atoms with Gasteiger partial charge in [-0.2, -0.15) is 0 Å². The van der Waals surface area contributed by atoms with Gasteiger partial charge in [-0.15, -0.1) is 0 Å². The molecule has 19 heavy (non-hydrogen) atoms. The maximum Gasteiger partial charge on any atom is 0.311 e. The second-order valence-corrected chi connectivity index (χ2v) is 5.53. The summed E-state index contributed by atoms with van der Waals surface area (Å²) >= 11 is 0. The number of hydrogen-bond acceptors (Lipinski definition) is 4. The van der Waals surface area contributed by atoms with Crippen molar-refractivity contribution in [2.75, 3.05) is 45.8 Å². The van der Waals surface area contributed by atoms with Gasteiger partial charge in [-0.25, -0.2) is 0 Å². The molecule has 2 aliphatic rings. The highest BCUT2D eigenvalue weighted by Crippen LogP contribution is 2.34. The van der Waals surface area contributed by atoms with Gasteiger partial charge in [0.2, 0.25) is 5.91 Å². The Morgan fingerprint density at radius 3 is 2.47 bits per heavy atom. The van der Waals surface area contributed by atoms with E-state index in [-0.39, 0.29) is 5.91 Å². The Kier molecular flexibility index (Phi) is 4.42. The number of aliphatic carboxylic acids is 1. The molecule has 2 aliphatic heterocycles. The Balaban J connectivity index is 1.89. The van der Waals surface area contributed by atoms with Crippen molar-refractivity contribution in [1.82, 2.24) is 15.1 Å². The zero-order chi connectivity index (χ0) is 13.9. The van der Waals surface area contributed by atoms with E-state index in [1.807, 2.05) is 6.92 Å². The summed E-state index contributed by atoms with van der Waals surface area (Å²) in [5, 5.41) is 12.6. The first-order valence-corrected chi connectivity index (χ1v) is 7.02. The average molecular weight is 269 g/mol. The van der Waals surface area contributed by atoms with E-state index in [2.05, 4.69) is 10.2 Å². The minimum Gasteiger partial charge on any atom is -0.481 e. The standard InChI is InChI=1S/C13H23N3O3/c1-2-13(12(18)19)3-6-16(10-13)11(17)9-15-7-4-14-5-8-15/h14H,2-10H2,1H3,(H,18,19). The lowest BCUT2D eigenvalue weighted by molar-refractivity contribution is -0.148. The number of nitrogens with one attached hydrogen (secondary N) is 1. The maximum absolute atomic E-state index is 12.2. The molecule has 2 N–H and O–H groups in total. The van der Waals surface area contributed by atoms with Crippen molar-refractivity contribution in [3.63, 3.8) is 0 Å². The monoisotopic (exact) mass is 269 g/mol. The van der Waals surface area contributed by atoms with Crippen molar-refractivity contribution in [2.24, 2.45) is 5.41 Å². The van der Waals surface area contributed by atoms with Gasteiger partial charge in [0.25, 0.3) is 0 Å². The highest BCUT2D eigenvalue weighted by molar-refractivity contribution is 5.81. The average Bonchev–Trinajstić information content (AvgIpc) is 2.86. The molecule has 0 aromatic heterocycles. The zero-order valence-corrected chi connectivity index (χ0v) is 11.5. The first kappa shape index (κ1) is 14.3. The number of carboxylic acid groups (broad SMARTS) is 1. The number of amides is 1. The van der Waals surface area contributed by atoms with Gasteiger partial charge in [0.1, 0.15) is 0 Å². The van der Waals surface area contributed by atoms with Gasteiger partial charge in [0.15, 0.2) is 0 Å². The van der Waals surface area contributed by atoms with Gasteiger partial charge in [-0.05, 0) is 12.8 Å². The van der Waals surface area contributed by atoms with Gasteiger partial charge in [-0.3, -0.25) is 14.5 Å². The molecule has 1 amide bonds. The van der Waals surface area contributed by atoms with Crippen LogP contribution in [0.2, 0.25) is 0 Å². The van der Waals surface area contributed by atoms with Crippen LogP contribution in [0, 0.1) is 5.41 Å². The molecular weight excluding hydrogens is 246 g/mol. The highest BCUT2D eigenvalue weighted by Gasteiger charge is 2.44. The fourth-order valence-corrected chi connectivity index (χ4v) is 2.86. The van der Waals surface area contributed by atoms with Crippen LogP contribution < -0.4 is 5.32 Å². The van der Waals surface area contributed by atoms with Crippen molar-refractivity contribution in [3.8, 4) is 0 Å². The van der Waals surface area contributed by atoms with Crippen LogP contribution in [0.25, 0.3) is 0 Å². The maximum atomic E-state index is 12.2. The van der Waals surface area contributed by atoms with E-state index in [4.69, 9.17) is 0 Å². The third-order valence-corrected chi connectivity index (χ3v) is 4.41. The molecule has 2 fully saturated rings. The summed E-state index contributed by atoms with van der Waals surface area (Å²) in [5.41, 5.74) is -0.723. The summed E-state index contributed by atoms with van der Waals surface area (Å²) in [4.78, 5) is 27.4. The van der Waals surface area contributed by atoms with Crippen molar-refractivity contribution < 1.29 is 14.7 Å². The smallest absolute Gasteiger partial charge is 0.311 e. The quantitative estimate of drug-likeness (QED) is 0.727. The fourth-order valence-electron chi connectivity index (χ4n) is 2.86. The van der Waals surface area contributed by atoms with Crippen molar-refractivity contribution in [1.29, 1.82) is 0 Å². The molecule has 2 heterocycles. The van der Waals surface area contributed by atoms with Crippen LogP contribution in [0.15, 0.2) is 0 Å². The Morgan fingerprint density at radius 1 is 1.26 bits per heavy atom. The number of carbonyl (C=O) groups is 2. The molecule has 2 rings (SSSR count). The molecule has 0 saturated carbocycles. The summed E-state index contributed by atoms with van der Waals surface area (Å²) in [5.74, 6) is -0.703. The lowest BCUT2D eigenvalue weighted by atomic mass is 9.84. The van der Waals surface area contributed by atoms with Crippen molar-refractivity contribution >= 4 is 11.9 Å². The van der Waals surface area contributed by atoms with E-state index in [0.29, 0.717) is 32.5 Å². The first-order valence-electron chi connectivity index (χ1n) is 7.02. The number of rotatable bonds is 4. The first-order chi connectivity index (χ1) is 9.07. The molecule has 2 saturated heterocycles. The number of likely N-dealkylation sites (tertiary alicyclic amines) is 1. The van der Waals surface area contributed by atoms with Gasteiger partial charge in [0, 0.05) is 39.3 Å². The Morgan fingerprint density at radius 2 is 1.95 bits per heavy atom. The van der Waals surface area contributed by atoms with Crippen LogP contribution in [0.1, 0.15) is 19.8 Å². The van der Waals surface area contributed by atoms with E-state index < -0.39 is 11.4 Å².